The maximum Gasteiger partial charge on any atom is 0.236 e. The summed E-state index contributed by atoms with van der Waals surface area (Å²) in [6.07, 6.45) is 2.97. The third-order valence-electron chi connectivity index (χ3n) is 2.77. The standard InChI is InChI=1S/C15H22O2Si/c1-4-13-9-7-8-10-14(13)11-17-18-15(5-2)12-16-6-3/h4,7-10,15H,1,5-6,11-12H2,2-3H3. The van der Waals surface area contributed by atoms with Gasteiger partial charge in [-0.25, -0.2) is 0 Å². The lowest BCUT2D eigenvalue weighted by atomic mass is 10.1. The van der Waals surface area contributed by atoms with Crippen LogP contribution in [0.15, 0.2) is 30.8 Å². The third kappa shape index (κ3) is 5.17. The molecule has 0 heterocycles. The number of hydrogen-bond donors (Lipinski definition) is 0. The van der Waals surface area contributed by atoms with Crippen LogP contribution in [-0.4, -0.2) is 23.0 Å². The molecule has 1 aromatic rings. The number of benzene rings is 1. The Hall–Kier alpha value is -0.903. The molecular formula is C15H22O2Si. The average molecular weight is 262 g/mol. The smallest absolute Gasteiger partial charge is 0.236 e. The van der Waals surface area contributed by atoms with Gasteiger partial charge in [-0.2, -0.15) is 0 Å². The Kier molecular flexibility index (Phi) is 7.65. The quantitative estimate of drug-likeness (QED) is 0.632. The van der Waals surface area contributed by atoms with Gasteiger partial charge >= 0.3 is 0 Å². The first-order valence-electron chi connectivity index (χ1n) is 6.47. The topological polar surface area (TPSA) is 18.5 Å². The van der Waals surface area contributed by atoms with Gasteiger partial charge in [0.25, 0.3) is 0 Å². The second kappa shape index (κ2) is 9.08. The molecule has 0 N–H and O–H groups in total. The summed E-state index contributed by atoms with van der Waals surface area (Å²) in [5, 5.41) is 0. The van der Waals surface area contributed by atoms with Crippen molar-refractivity contribution in [2.45, 2.75) is 32.4 Å². The highest BCUT2D eigenvalue weighted by atomic mass is 28.2. The SMILES string of the molecule is C=Cc1ccccc1CO[Si]C(CC)COCC. The summed E-state index contributed by atoms with van der Waals surface area (Å²) in [5.41, 5.74) is 2.87. The first kappa shape index (κ1) is 15.2. The summed E-state index contributed by atoms with van der Waals surface area (Å²) in [7, 11) is 0.497. The van der Waals surface area contributed by atoms with Gasteiger partial charge in [0.15, 0.2) is 0 Å². The Labute approximate surface area is 113 Å². The Morgan fingerprint density at radius 2 is 2.11 bits per heavy atom. The molecule has 0 fully saturated rings. The van der Waals surface area contributed by atoms with E-state index in [2.05, 4.69) is 25.6 Å². The molecule has 1 unspecified atom stereocenters. The Bertz CT molecular complexity index is 352. The van der Waals surface area contributed by atoms with Gasteiger partial charge < -0.3 is 9.16 Å². The molecule has 18 heavy (non-hydrogen) atoms. The minimum absolute atomic E-state index is 0.497. The van der Waals surface area contributed by atoms with Crippen LogP contribution in [0.1, 0.15) is 31.4 Å². The van der Waals surface area contributed by atoms with E-state index in [1.54, 1.807) is 0 Å². The van der Waals surface area contributed by atoms with Crippen molar-refractivity contribution in [1.82, 2.24) is 0 Å². The minimum atomic E-state index is 0.497. The van der Waals surface area contributed by atoms with Gasteiger partial charge in [0.2, 0.25) is 9.76 Å². The van der Waals surface area contributed by atoms with E-state index in [9.17, 15) is 0 Å². The lowest BCUT2D eigenvalue weighted by molar-refractivity contribution is 0.139. The molecule has 0 aliphatic heterocycles. The molecule has 0 aliphatic carbocycles. The van der Waals surface area contributed by atoms with Crippen molar-refractivity contribution in [3.05, 3.63) is 42.0 Å². The van der Waals surface area contributed by atoms with Crippen molar-refractivity contribution in [3.8, 4) is 0 Å². The molecule has 1 aromatic carbocycles. The fraction of sp³-hybridized carbons (Fsp3) is 0.467. The van der Waals surface area contributed by atoms with Crippen molar-refractivity contribution < 1.29 is 9.16 Å². The van der Waals surface area contributed by atoms with E-state index in [1.807, 2.05) is 25.1 Å². The lowest BCUT2D eigenvalue weighted by Crippen LogP contribution is -2.13. The van der Waals surface area contributed by atoms with Crippen LogP contribution in [0.25, 0.3) is 6.08 Å². The molecule has 0 aliphatic rings. The van der Waals surface area contributed by atoms with E-state index in [1.165, 1.54) is 5.56 Å². The highest BCUT2D eigenvalue weighted by molar-refractivity contribution is 6.29. The van der Waals surface area contributed by atoms with E-state index >= 15 is 0 Å². The van der Waals surface area contributed by atoms with Gasteiger partial charge in [-0.05, 0) is 18.1 Å². The minimum Gasteiger partial charge on any atom is -0.413 e. The Balaban J connectivity index is 2.37. The average Bonchev–Trinajstić information content (AvgIpc) is 2.43. The van der Waals surface area contributed by atoms with Gasteiger partial charge in [-0.15, -0.1) is 0 Å². The second-order valence-electron chi connectivity index (χ2n) is 4.07. The van der Waals surface area contributed by atoms with Crippen molar-refractivity contribution in [3.63, 3.8) is 0 Å². The van der Waals surface area contributed by atoms with Gasteiger partial charge in [-0.3, -0.25) is 0 Å². The fourth-order valence-electron chi connectivity index (χ4n) is 1.60. The summed E-state index contributed by atoms with van der Waals surface area (Å²) in [5.74, 6) is 0. The van der Waals surface area contributed by atoms with E-state index in [0.717, 1.165) is 25.2 Å². The molecule has 1 rings (SSSR count). The van der Waals surface area contributed by atoms with Crippen molar-refractivity contribution in [1.29, 1.82) is 0 Å². The molecule has 0 aromatic heterocycles. The molecule has 0 bridgehead atoms. The summed E-state index contributed by atoms with van der Waals surface area (Å²) in [4.78, 5) is 0. The van der Waals surface area contributed by atoms with Crippen molar-refractivity contribution >= 4 is 15.8 Å². The Morgan fingerprint density at radius 1 is 1.33 bits per heavy atom. The number of ether oxygens (including phenoxy) is 1. The molecule has 2 radical (unpaired) electrons. The first-order valence-corrected chi connectivity index (χ1v) is 7.45. The zero-order valence-electron chi connectivity index (χ0n) is 11.3. The highest BCUT2D eigenvalue weighted by Crippen LogP contribution is 2.14. The summed E-state index contributed by atoms with van der Waals surface area (Å²) < 4.78 is 11.3. The molecule has 3 heteroatoms. The lowest BCUT2D eigenvalue weighted by Gasteiger charge is -2.13. The van der Waals surface area contributed by atoms with Crippen LogP contribution >= 0.6 is 0 Å². The van der Waals surface area contributed by atoms with Crippen molar-refractivity contribution in [2.75, 3.05) is 13.2 Å². The molecular weight excluding hydrogens is 240 g/mol. The van der Waals surface area contributed by atoms with E-state index < -0.39 is 0 Å². The first-order chi connectivity index (χ1) is 8.81. The van der Waals surface area contributed by atoms with Crippen LogP contribution in [-0.2, 0) is 15.8 Å². The number of rotatable bonds is 9. The zero-order valence-corrected chi connectivity index (χ0v) is 12.3. The summed E-state index contributed by atoms with van der Waals surface area (Å²) in [6.45, 7) is 10.3. The van der Waals surface area contributed by atoms with Crippen LogP contribution in [0.4, 0.5) is 0 Å². The predicted octanol–water partition coefficient (Wildman–Crippen LogP) is 3.70. The van der Waals surface area contributed by atoms with Gasteiger partial charge in [-0.1, -0.05) is 50.3 Å². The van der Waals surface area contributed by atoms with E-state index in [4.69, 9.17) is 9.16 Å². The largest absolute Gasteiger partial charge is 0.413 e. The summed E-state index contributed by atoms with van der Waals surface area (Å²) in [6, 6.07) is 8.20. The van der Waals surface area contributed by atoms with Crippen LogP contribution in [0.3, 0.4) is 0 Å². The zero-order chi connectivity index (χ0) is 13.2. The van der Waals surface area contributed by atoms with Crippen LogP contribution < -0.4 is 0 Å². The third-order valence-corrected chi connectivity index (χ3v) is 3.99. The monoisotopic (exact) mass is 262 g/mol. The molecule has 2 nitrogen and oxygen atoms in total. The highest BCUT2D eigenvalue weighted by Gasteiger charge is 2.09. The van der Waals surface area contributed by atoms with E-state index in [-0.39, 0.29) is 0 Å². The maximum atomic E-state index is 5.81. The maximum absolute atomic E-state index is 5.81. The second-order valence-corrected chi connectivity index (χ2v) is 5.41. The van der Waals surface area contributed by atoms with Crippen LogP contribution in [0.2, 0.25) is 5.54 Å². The number of hydrogen-bond acceptors (Lipinski definition) is 2. The van der Waals surface area contributed by atoms with Crippen LogP contribution in [0, 0.1) is 0 Å². The summed E-state index contributed by atoms with van der Waals surface area (Å²) >= 11 is 0. The van der Waals surface area contributed by atoms with Gasteiger partial charge in [0, 0.05) is 18.8 Å². The predicted molar refractivity (Wildman–Crippen MR) is 77.6 cm³/mol. The normalized spacial score (nSPS) is 12.3. The van der Waals surface area contributed by atoms with Gasteiger partial charge in [0.1, 0.15) is 0 Å². The van der Waals surface area contributed by atoms with Crippen molar-refractivity contribution in [2.24, 2.45) is 0 Å². The van der Waals surface area contributed by atoms with E-state index in [0.29, 0.717) is 21.9 Å². The molecule has 0 saturated heterocycles. The van der Waals surface area contributed by atoms with Gasteiger partial charge in [0.05, 0.1) is 6.61 Å². The molecule has 1 atom stereocenters. The molecule has 0 saturated carbocycles. The fourth-order valence-corrected chi connectivity index (χ4v) is 2.42. The van der Waals surface area contributed by atoms with Crippen LogP contribution in [0.5, 0.6) is 0 Å². The molecule has 0 spiro atoms. The molecule has 0 amide bonds. The Morgan fingerprint density at radius 3 is 2.78 bits per heavy atom. The molecule has 98 valence electrons.